The summed E-state index contributed by atoms with van der Waals surface area (Å²) in [6, 6.07) is 5.69. The number of nitrogens with zero attached hydrogens (tertiary/aromatic N) is 1. The molecule has 1 rings (SSSR count). The highest BCUT2D eigenvalue weighted by molar-refractivity contribution is 7.87. The molecule has 0 saturated heterocycles. The van der Waals surface area contributed by atoms with Crippen molar-refractivity contribution < 1.29 is 12.8 Å². The fraction of sp³-hybridized carbons (Fsp3) is 0.417. The fourth-order valence-corrected chi connectivity index (χ4v) is 2.60. The molecule has 0 spiro atoms. The number of nitrogens with one attached hydrogen (secondary N) is 2. The van der Waals surface area contributed by atoms with Crippen molar-refractivity contribution in [1.29, 1.82) is 5.26 Å². The van der Waals surface area contributed by atoms with Crippen LogP contribution in [0.2, 0.25) is 0 Å². The SMILES string of the molecule is CC(C)(C)NS(=O)(=O)NCc1ccc(C#N)cc1F. The molecule has 0 unspecified atom stereocenters. The lowest BCUT2D eigenvalue weighted by atomic mass is 10.1. The van der Waals surface area contributed by atoms with Crippen molar-refractivity contribution in [3.8, 4) is 6.07 Å². The molecule has 19 heavy (non-hydrogen) atoms. The molecular formula is C12H16FN3O2S. The largest absolute Gasteiger partial charge is 0.277 e. The van der Waals surface area contributed by atoms with Gasteiger partial charge in [0.15, 0.2) is 0 Å². The molecule has 5 nitrogen and oxygen atoms in total. The van der Waals surface area contributed by atoms with E-state index in [9.17, 15) is 12.8 Å². The first kappa shape index (κ1) is 15.6. The number of rotatable bonds is 4. The van der Waals surface area contributed by atoms with E-state index in [4.69, 9.17) is 5.26 Å². The van der Waals surface area contributed by atoms with E-state index in [1.54, 1.807) is 20.8 Å². The number of nitriles is 1. The Kier molecular flexibility index (Phi) is 4.63. The maximum absolute atomic E-state index is 13.5. The third kappa shape index (κ3) is 5.34. The van der Waals surface area contributed by atoms with E-state index >= 15 is 0 Å². The molecule has 0 amide bonds. The summed E-state index contributed by atoms with van der Waals surface area (Å²) in [7, 11) is -3.70. The summed E-state index contributed by atoms with van der Waals surface area (Å²) in [6.07, 6.45) is 0. The van der Waals surface area contributed by atoms with Crippen molar-refractivity contribution >= 4 is 10.2 Å². The van der Waals surface area contributed by atoms with Gasteiger partial charge in [-0.2, -0.15) is 23.1 Å². The van der Waals surface area contributed by atoms with Gasteiger partial charge in [0.25, 0.3) is 10.2 Å². The summed E-state index contributed by atoms with van der Waals surface area (Å²) in [4.78, 5) is 0. The molecule has 0 aliphatic carbocycles. The van der Waals surface area contributed by atoms with Crippen LogP contribution in [0, 0.1) is 17.1 Å². The van der Waals surface area contributed by atoms with Gasteiger partial charge < -0.3 is 0 Å². The van der Waals surface area contributed by atoms with Crippen LogP contribution in [0.5, 0.6) is 0 Å². The zero-order valence-electron chi connectivity index (χ0n) is 11.0. The molecule has 0 aliphatic rings. The van der Waals surface area contributed by atoms with Crippen LogP contribution in [0.15, 0.2) is 18.2 Å². The van der Waals surface area contributed by atoms with Crippen molar-refractivity contribution in [1.82, 2.24) is 9.44 Å². The molecule has 0 aliphatic heterocycles. The van der Waals surface area contributed by atoms with E-state index in [0.29, 0.717) is 0 Å². The summed E-state index contributed by atoms with van der Waals surface area (Å²) in [5.41, 5.74) is -0.245. The Hall–Kier alpha value is -1.49. The number of halogens is 1. The van der Waals surface area contributed by atoms with Crippen LogP contribution < -0.4 is 9.44 Å². The first-order valence-corrected chi connectivity index (χ1v) is 7.08. The molecule has 0 radical (unpaired) electrons. The maximum atomic E-state index is 13.5. The van der Waals surface area contributed by atoms with Crippen molar-refractivity contribution in [3.63, 3.8) is 0 Å². The van der Waals surface area contributed by atoms with E-state index in [-0.39, 0.29) is 17.7 Å². The molecular weight excluding hydrogens is 269 g/mol. The highest BCUT2D eigenvalue weighted by Gasteiger charge is 2.19. The van der Waals surface area contributed by atoms with Gasteiger partial charge in [0, 0.05) is 17.6 Å². The summed E-state index contributed by atoms with van der Waals surface area (Å²) < 4.78 is 41.5. The summed E-state index contributed by atoms with van der Waals surface area (Å²) in [5.74, 6) is -0.613. The third-order valence-electron chi connectivity index (χ3n) is 2.08. The van der Waals surface area contributed by atoms with Crippen molar-refractivity contribution in [2.24, 2.45) is 0 Å². The van der Waals surface area contributed by atoms with E-state index in [0.717, 1.165) is 6.07 Å². The number of benzene rings is 1. The molecule has 2 N–H and O–H groups in total. The Labute approximate surface area is 112 Å². The van der Waals surface area contributed by atoms with Gasteiger partial charge in [-0.05, 0) is 32.9 Å². The zero-order chi connectivity index (χ0) is 14.7. The third-order valence-corrected chi connectivity index (χ3v) is 3.48. The van der Waals surface area contributed by atoms with Gasteiger partial charge >= 0.3 is 0 Å². The molecule has 7 heteroatoms. The predicted molar refractivity (Wildman–Crippen MR) is 69.8 cm³/mol. The second-order valence-electron chi connectivity index (χ2n) is 5.09. The Bertz CT molecular complexity index is 600. The average Bonchev–Trinajstić information content (AvgIpc) is 2.24. The zero-order valence-corrected chi connectivity index (χ0v) is 11.8. The smallest absolute Gasteiger partial charge is 0.207 e. The summed E-state index contributed by atoms with van der Waals surface area (Å²) in [6.45, 7) is 4.93. The van der Waals surface area contributed by atoms with Gasteiger partial charge in [-0.3, -0.25) is 0 Å². The molecule has 0 aromatic heterocycles. The van der Waals surface area contributed by atoms with Crippen LogP contribution in [-0.4, -0.2) is 14.0 Å². The van der Waals surface area contributed by atoms with Gasteiger partial charge in [-0.1, -0.05) is 6.07 Å². The molecule has 0 atom stereocenters. The van der Waals surface area contributed by atoms with Gasteiger partial charge in [0.05, 0.1) is 11.6 Å². The lowest BCUT2D eigenvalue weighted by Crippen LogP contribution is -2.46. The lowest BCUT2D eigenvalue weighted by Gasteiger charge is -2.20. The molecule has 104 valence electrons. The Morgan fingerprint density at radius 2 is 2.00 bits per heavy atom. The first-order valence-electron chi connectivity index (χ1n) is 5.60. The van der Waals surface area contributed by atoms with Crippen LogP contribution in [0.25, 0.3) is 0 Å². The maximum Gasteiger partial charge on any atom is 0.277 e. The average molecular weight is 285 g/mol. The van der Waals surface area contributed by atoms with Crippen molar-refractivity contribution in [2.75, 3.05) is 0 Å². The highest BCUT2D eigenvalue weighted by Crippen LogP contribution is 2.10. The summed E-state index contributed by atoms with van der Waals surface area (Å²) in [5, 5.41) is 8.60. The minimum atomic E-state index is -3.70. The Morgan fingerprint density at radius 3 is 2.47 bits per heavy atom. The van der Waals surface area contributed by atoms with Gasteiger partial charge in [-0.25, -0.2) is 4.39 Å². The molecule has 1 aromatic carbocycles. The van der Waals surface area contributed by atoms with E-state index < -0.39 is 21.6 Å². The molecule has 1 aromatic rings. The second kappa shape index (κ2) is 5.65. The minimum absolute atomic E-state index is 0.178. The molecule has 0 saturated carbocycles. The van der Waals surface area contributed by atoms with Gasteiger partial charge in [0.1, 0.15) is 5.82 Å². The second-order valence-corrected chi connectivity index (χ2v) is 6.59. The van der Waals surface area contributed by atoms with Gasteiger partial charge in [0.2, 0.25) is 0 Å². The number of hydrogen-bond acceptors (Lipinski definition) is 3. The van der Waals surface area contributed by atoms with E-state index in [1.165, 1.54) is 12.1 Å². The molecule has 0 heterocycles. The molecule has 0 fully saturated rings. The lowest BCUT2D eigenvalue weighted by molar-refractivity contribution is 0.483. The number of hydrogen-bond donors (Lipinski definition) is 2. The Morgan fingerprint density at radius 1 is 1.37 bits per heavy atom. The van der Waals surface area contributed by atoms with Crippen LogP contribution >= 0.6 is 0 Å². The standard InChI is InChI=1S/C12H16FN3O2S/c1-12(2,3)16-19(17,18)15-8-10-5-4-9(7-14)6-11(10)13/h4-6,15-16H,8H2,1-3H3. The minimum Gasteiger partial charge on any atom is -0.207 e. The first-order chi connectivity index (χ1) is 8.63. The van der Waals surface area contributed by atoms with E-state index in [1.807, 2.05) is 6.07 Å². The van der Waals surface area contributed by atoms with Crippen LogP contribution in [0.4, 0.5) is 4.39 Å². The normalized spacial score (nSPS) is 12.2. The molecule has 0 bridgehead atoms. The van der Waals surface area contributed by atoms with Crippen molar-refractivity contribution in [3.05, 3.63) is 35.1 Å². The fourth-order valence-electron chi connectivity index (χ4n) is 1.37. The van der Waals surface area contributed by atoms with Crippen molar-refractivity contribution in [2.45, 2.75) is 32.9 Å². The van der Waals surface area contributed by atoms with Gasteiger partial charge in [-0.15, -0.1) is 0 Å². The Balaban J connectivity index is 2.75. The van der Waals surface area contributed by atoms with Crippen LogP contribution in [0.3, 0.4) is 0 Å². The monoisotopic (exact) mass is 285 g/mol. The predicted octanol–water partition coefficient (Wildman–Crippen LogP) is 1.42. The van der Waals surface area contributed by atoms with Crippen LogP contribution in [-0.2, 0) is 16.8 Å². The topological polar surface area (TPSA) is 82.0 Å². The summed E-state index contributed by atoms with van der Waals surface area (Å²) >= 11 is 0. The highest BCUT2D eigenvalue weighted by atomic mass is 32.2. The van der Waals surface area contributed by atoms with Crippen LogP contribution in [0.1, 0.15) is 31.9 Å². The quantitative estimate of drug-likeness (QED) is 0.877. The van der Waals surface area contributed by atoms with E-state index in [2.05, 4.69) is 9.44 Å².